The first kappa shape index (κ1) is 10.6. The van der Waals surface area contributed by atoms with Crippen LogP contribution in [0.15, 0.2) is 29.4 Å². The van der Waals surface area contributed by atoms with E-state index in [1.165, 1.54) is 24.3 Å². The lowest BCUT2D eigenvalue weighted by Crippen LogP contribution is -1.98. The fraction of sp³-hybridized carbons (Fsp3) is 0. The van der Waals surface area contributed by atoms with E-state index in [9.17, 15) is 14.9 Å². The maximum Gasteiger partial charge on any atom is 0.352 e. The zero-order chi connectivity index (χ0) is 11.3. The van der Waals surface area contributed by atoms with Gasteiger partial charge in [0.1, 0.15) is 0 Å². The van der Waals surface area contributed by atoms with E-state index in [2.05, 4.69) is 10.5 Å². The first-order valence-electron chi connectivity index (χ1n) is 3.85. The van der Waals surface area contributed by atoms with Crippen LogP contribution in [0.25, 0.3) is 0 Å². The quantitative estimate of drug-likeness (QED) is 0.333. The number of hydrogen-bond acceptors (Lipinski definition) is 5. The molecule has 1 aromatic carbocycles. The number of hydrogen-bond donors (Lipinski definition) is 2. The van der Waals surface area contributed by atoms with Gasteiger partial charge >= 0.3 is 12.3 Å². The lowest BCUT2D eigenvalue weighted by molar-refractivity contribution is -0.339. The molecule has 0 atom stereocenters. The number of nitrogens with zero attached hydrogens (tertiary/aromatic N) is 2. The summed E-state index contributed by atoms with van der Waals surface area (Å²) in [6.07, 6.45) is 0.505. The Kier molecular flexibility index (Phi) is 3.33. The van der Waals surface area contributed by atoms with E-state index in [4.69, 9.17) is 5.11 Å². The van der Waals surface area contributed by atoms with Gasteiger partial charge in [-0.1, -0.05) is 0 Å². The number of carboxylic acids is 1. The van der Waals surface area contributed by atoms with Crippen molar-refractivity contribution in [2.45, 2.75) is 0 Å². The fourth-order valence-corrected chi connectivity index (χ4v) is 0.838. The summed E-state index contributed by atoms with van der Waals surface area (Å²) in [7, 11) is 0. The first-order valence-corrected chi connectivity index (χ1v) is 3.85. The van der Waals surface area contributed by atoms with E-state index in [0.29, 0.717) is 12.0 Å². The lowest BCUT2D eigenvalue weighted by Gasteiger charge is -1.96. The highest BCUT2D eigenvalue weighted by molar-refractivity contribution is 5.87. The van der Waals surface area contributed by atoms with Crippen molar-refractivity contribution in [3.63, 3.8) is 0 Å². The minimum absolute atomic E-state index is 0.138. The van der Waals surface area contributed by atoms with Gasteiger partial charge in [-0.05, 0) is 29.2 Å². The maximum atomic E-state index is 10.5. The zero-order valence-electron chi connectivity index (χ0n) is 7.45. The molecule has 0 aromatic heterocycles. The second-order valence-electron chi connectivity index (χ2n) is 2.52. The third-order valence-corrected chi connectivity index (χ3v) is 1.48. The van der Waals surface area contributed by atoms with Gasteiger partial charge < -0.3 is 15.2 Å². The predicted molar refractivity (Wildman–Crippen MR) is 52.5 cm³/mol. The van der Waals surface area contributed by atoms with Gasteiger partial charge in [0.25, 0.3) is 0 Å². The number of carboxylic acid groups (broad SMARTS) is 1. The van der Waals surface area contributed by atoms with Crippen LogP contribution in [0.2, 0.25) is 0 Å². The molecule has 0 saturated heterocycles. The van der Waals surface area contributed by atoms with Crippen LogP contribution in [0.4, 0.5) is 5.69 Å². The summed E-state index contributed by atoms with van der Waals surface area (Å²) in [6.45, 7) is 0. The first-order chi connectivity index (χ1) is 7.09. The topological polar surface area (TPSA) is 105 Å². The van der Waals surface area contributed by atoms with Crippen LogP contribution in [0.1, 0.15) is 10.4 Å². The molecule has 7 nitrogen and oxygen atoms in total. The molecule has 0 radical (unpaired) electrons. The molecule has 0 aliphatic carbocycles. The van der Waals surface area contributed by atoms with Crippen molar-refractivity contribution in [2.75, 3.05) is 5.43 Å². The molecule has 0 aliphatic heterocycles. The van der Waals surface area contributed by atoms with Crippen molar-refractivity contribution in [3.8, 4) is 0 Å². The fourth-order valence-electron chi connectivity index (χ4n) is 0.838. The van der Waals surface area contributed by atoms with Crippen LogP contribution >= 0.6 is 0 Å². The highest BCUT2D eigenvalue weighted by Crippen LogP contribution is 2.08. The molecular weight excluding hydrogens is 202 g/mol. The molecule has 15 heavy (non-hydrogen) atoms. The van der Waals surface area contributed by atoms with Gasteiger partial charge in [-0.25, -0.2) is 4.79 Å². The number of anilines is 1. The Morgan fingerprint density at radius 2 is 2.07 bits per heavy atom. The molecule has 78 valence electrons. The molecule has 0 amide bonds. The highest BCUT2D eigenvalue weighted by atomic mass is 16.6. The SMILES string of the molecule is O=C(O)c1ccc(N/N=C/[N+](=O)[O-])cc1. The minimum Gasteiger partial charge on any atom is -0.478 e. The number of nitro groups is 1. The summed E-state index contributed by atoms with van der Waals surface area (Å²) in [5.41, 5.74) is 2.99. The smallest absolute Gasteiger partial charge is 0.352 e. The lowest BCUT2D eigenvalue weighted by atomic mass is 10.2. The summed E-state index contributed by atoms with van der Waals surface area (Å²) in [5, 5.41) is 21.8. The third kappa shape index (κ3) is 3.43. The van der Waals surface area contributed by atoms with Crippen LogP contribution in [-0.2, 0) is 0 Å². The summed E-state index contributed by atoms with van der Waals surface area (Å²) in [6, 6.07) is 5.65. The van der Waals surface area contributed by atoms with Crippen LogP contribution in [0, 0.1) is 10.1 Å². The molecule has 0 spiro atoms. The van der Waals surface area contributed by atoms with E-state index in [-0.39, 0.29) is 5.56 Å². The van der Waals surface area contributed by atoms with Gasteiger partial charge in [-0.2, -0.15) is 5.43 Å². The number of carbonyl (C=O) groups is 1. The van der Waals surface area contributed by atoms with E-state index in [1.54, 1.807) is 0 Å². The van der Waals surface area contributed by atoms with Crippen LogP contribution in [0.3, 0.4) is 0 Å². The molecule has 0 fully saturated rings. The zero-order valence-corrected chi connectivity index (χ0v) is 7.45. The molecule has 1 aromatic rings. The van der Waals surface area contributed by atoms with Crippen molar-refractivity contribution < 1.29 is 14.8 Å². The predicted octanol–water partition coefficient (Wildman–Crippen LogP) is 1.02. The molecule has 0 bridgehead atoms. The molecule has 7 heteroatoms. The molecule has 2 N–H and O–H groups in total. The van der Waals surface area contributed by atoms with Gasteiger partial charge in [0.2, 0.25) is 0 Å². The minimum atomic E-state index is -1.03. The molecular formula is C8H7N3O4. The van der Waals surface area contributed by atoms with E-state index < -0.39 is 10.9 Å². The number of aromatic carboxylic acids is 1. The summed E-state index contributed by atoms with van der Waals surface area (Å²) in [4.78, 5) is 19.6. The van der Waals surface area contributed by atoms with Crippen LogP contribution in [-0.4, -0.2) is 22.3 Å². The van der Waals surface area contributed by atoms with Gasteiger partial charge in [-0.3, -0.25) is 0 Å². The Labute approximate surface area is 84.2 Å². The normalized spacial score (nSPS) is 10.1. The van der Waals surface area contributed by atoms with Crippen LogP contribution in [0.5, 0.6) is 0 Å². The van der Waals surface area contributed by atoms with Crippen LogP contribution < -0.4 is 5.43 Å². The van der Waals surface area contributed by atoms with Gasteiger partial charge in [0.15, 0.2) is 0 Å². The Morgan fingerprint density at radius 3 is 2.53 bits per heavy atom. The summed E-state index contributed by atoms with van der Waals surface area (Å²) >= 11 is 0. The Morgan fingerprint density at radius 1 is 1.47 bits per heavy atom. The second kappa shape index (κ2) is 4.70. The Hall–Kier alpha value is -2.44. The van der Waals surface area contributed by atoms with Gasteiger partial charge in [0, 0.05) is 5.10 Å². The second-order valence-corrected chi connectivity index (χ2v) is 2.52. The number of nitrogens with one attached hydrogen (secondary N) is 1. The molecule has 0 saturated carbocycles. The molecule has 1 rings (SSSR count). The number of benzene rings is 1. The maximum absolute atomic E-state index is 10.5. The average Bonchev–Trinajstić information content (AvgIpc) is 2.18. The van der Waals surface area contributed by atoms with Crippen molar-refractivity contribution in [2.24, 2.45) is 5.10 Å². The highest BCUT2D eigenvalue weighted by Gasteiger charge is 2.01. The summed E-state index contributed by atoms with van der Waals surface area (Å²) < 4.78 is 0. The van der Waals surface area contributed by atoms with Gasteiger partial charge in [0.05, 0.1) is 11.3 Å². The van der Waals surface area contributed by atoms with Crippen molar-refractivity contribution in [1.82, 2.24) is 0 Å². The Bertz CT molecular complexity index is 399. The van der Waals surface area contributed by atoms with E-state index in [1.807, 2.05) is 0 Å². The van der Waals surface area contributed by atoms with Crippen molar-refractivity contribution in [1.29, 1.82) is 0 Å². The third-order valence-electron chi connectivity index (χ3n) is 1.48. The number of hydrazone groups is 1. The van der Waals surface area contributed by atoms with E-state index in [0.717, 1.165) is 0 Å². The van der Waals surface area contributed by atoms with Crippen molar-refractivity contribution in [3.05, 3.63) is 39.9 Å². The number of rotatable bonds is 4. The Balaban J connectivity index is 2.65. The molecule has 0 unspecified atom stereocenters. The van der Waals surface area contributed by atoms with Gasteiger partial charge in [-0.15, -0.1) is 0 Å². The average molecular weight is 209 g/mol. The largest absolute Gasteiger partial charge is 0.478 e. The molecule has 0 aliphatic rings. The van der Waals surface area contributed by atoms with Crippen molar-refractivity contribution >= 4 is 18.0 Å². The summed E-state index contributed by atoms with van der Waals surface area (Å²) in [5.74, 6) is -1.03. The van der Waals surface area contributed by atoms with E-state index >= 15 is 0 Å². The molecule has 0 heterocycles. The monoisotopic (exact) mass is 209 g/mol. The standard InChI is InChI=1S/C8H7N3O4/c12-8(13)6-1-3-7(4-2-6)10-9-5-11(14)15/h1-5,10H,(H,12,13)/b9-5+.